The summed E-state index contributed by atoms with van der Waals surface area (Å²) >= 11 is 2.75. The van der Waals surface area contributed by atoms with Gasteiger partial charge in [0.25, 0.3) is 10.0 Å². The summed E-state index contributed by atoms with van der Waals surface area (Å²) in [6.07, 6.45) is 1.28. The maximum Gasteiger partial charge on any atom is 0.253 e. The Morgan fingerprint density at radius 1 is 1.27 bits per heavy atom. The Kier molecular flexibility index (Phi) is 4.62. The molecular weight excluding hydrogens is 340 g/mol. The van der Waals surface area contributed by atoms with E-state index in [1.165, 1.54) is 15.6 Å². The van der Waals surface area contributed by atoms with Crippen LogP contribution in [-0.4, -0.2) is 31.2 Å². The summed E-state index contributed by atoms with van der Waals surface area (Å²) in [7, 11) is -3.57. The van der Waals surface area contributed by atoms with Gasteiger partial charge in [-0.15, -0.1) is 22.7 Å². The van der Waals surface area contributed by atoms with E-state index in [0.717, 1.165) is 4.88 Å². The van der Waals surface area contributed by atoms with Gasteiger partial charge in [0, 0.05) is 11.4 Å². The molecule has 3 rings (SSSR count). The highest BCUT2D eigenvalue weighted by Gasteiger charge is 2.39. The highest BCUT2D eigenvalue weighted by atomic mass is 32.2. The summed E-state index contributed by atoms with van der Waals surface area (Å²) in [5.74, 6) is -0.217. The second-order valence-corrected chi connectivity index (χ2v) is 9.10. The number of thiophene rings is 2. The van der Waals surface area contributed by atoms with Crippen LogP contribution in [0.1, 0.15) is 17.7 Å². The van der Waals surface area contributed by atoms with Crippen molar-refractivity contribution in [2.45, 2.75) is 29.6 Å². The molecule has 0 spiro atoms. The molecule has 1 amide bonds. The lowest BCUT2D eigenvalue weighted by molar-refractivity contribution is -0.124. The van der Waals surface area contributed by atoms with Gasteiger partial charge in [-0.05, 0) is 35.7 Å². The van der Waals surface area contributed by atoms with Crippen molar-refractivity contribution in [1.29, 1.82) is 0 Å². The second kappa shape index (κ2) is 6.49. The summed E-state index contributed by atoms with van der Waals surface area (Å²) in [6.45, 7) is 0.844. The molecule has 1 saturated heterocycles. The number of hydrogen-bond donors (Lipinski definition) is 1. The van der Waals surface area contributed by atoms with Crippen LogP contribution in [-0.2, 0) is 21.4 Å². The summed E-state index contributed by atoms with van der Waals surface area (Å²) in [5, 5.41) is 6.52. The summed E-state index contributed by atoms with van der Waals surface area (Å²) < 4.78 is 26.8. The Labute approximate surface area is 137 Å². The third-order valence-corrected chi connectivity index (χ3v) is 7.74. The van der Waals surface area contributed by atoms with Gasteiger partial charge >= 0.3 is 0 Å². The normalized spacial score (nSPS) is 19.4. The zero-order valence-corrected chi connectivity index (χ0v) is 14.2. The first-order valence-corrected chi connectivity index (χ1v) is 10.1. The summed E-state index contributed by atoms with van der Waals surface area (Å²) in [6, 6.07) is 6.56. The molecule has 0 saturated carbocycles. The minimum absolute atomic E-state index is 0.217. The predicted molar refractivity (Wildman–Crippen MR) is 87.4 cm³/mol. The van der Waals surface area contributed by atoms with Gasteiger partial charge in [0.1, 0.15) is 10.3 Å². The fourth-order valence-corrected chi connectivity index (χ4v) is 5.94. The van der Waals surface area contributed by atoms with E-state index < -0.39 is 16.1 Å². The second-order valence-electron chi connectivity index (χ2n) is 5.00. The first-order valence-electron chi connectivity index (χ1n) is 6.94. The average molecular weight is 356 g/mol. The number of hydrogen-bond acceptors (Lipinski definition) is 5. The molecule has 3 heterocycles. The van der Waals surface area contributed by atoms with Crippen molar-refractivity contribution in [2.75, 3.05) is 6.54 Å². The van der Waals surface area contributed by atoms with Crippen LogP contribution in [0.25, 0.3) is 0 Å². The molecule has 1 aliphatic heterocycles. The van der Waals surface area contributed by atoms with Gasteiger partial charge in [-0.3, -0.25) is 4.79 Å². The number of carbonyl (C=O) groups excluding carboxylic acids is 1. The van der Waals surface area contributed by atoms with Crippen molar-refractivity contribution in [2.24, 2.45) is 0 Å². The van der Waals surface area contributed by atoms with Gasteiger partial charge in [0.2, 0.25) is 5.91 Å². The molecular formula is C14H16N2O3S3. The van der Waals surface area contributed by atoms with E-state index in [0.29, 0.717) is 30.1 Å². The van der Waals surface area contributed by atoms with Gasteiger partial charge < -0.3 is 5.32 Å². The smallest absolute Gasteiger partial charge is 0.253 e. The lowest BCUT2D eigenvalue weighted by Gasteiger charge is -2.22. The molecule has 1 atom stereocenters. The first kappa shape index (κ1) is 15.7. The molecule has 8 heteroatoms. The highest BCUT2D eigenvalue weighted by Crippen LogP contribution is 2.28. The molecule has 22 heavy (non-hydrogen) atoms. The number of nitrogens with one attached hydrogen (secondary N) is 1. The maximum atomic E-state index is 12.6. The third kappa shape index (κ3) is 3.10. The molecule has 2 aromatic heterocycles. The predicted octanol–water partition coefficient (Wildman–Crippen LogP) is 2.28. The summed E-state index contributed by atoms with van der Waals surface area (Å²) in [5.41, 5.74) is 0. The molecule has 1 aliphatic rings. The lowest BCUT2D eigenvalue weighted by Crippen LogP contribution is -2.45. The standard InChI is InChI=1S/C14H16N2O3S3/c17-14(15-10-11-4-2-8-20-11)12-5-1-7-16(12)22(18,19)13-6-3-9-21-13/h2-4,6,8-9,12H,1,5,7,10H2,(H,15,17). The lowest BCUT2D eigenvalue weighted by atomic mass is 10.2. The van der Waals surface area contributed by atoms with Crippen LogP contribution < -0.4 is 5.32 Å². The van der Waals surface area contributed by atoms with Crippen LogP contribution >= 0.6 is 22.7 Å². The average Bonchev–Trinajstić information content (AvgIpc) is 3.26. The molecule has 0 radical (unpaired) electrons. The van der Waals surface area contributed by atoms with Crippen LogP contribution in [0.2, 0.25) is 0 Å². The highest BCUT2D eigenvalue weighted by molar-refractivity contribution is 7.91. The van der Waals surface area contributed by atoms with E-state index in [1.807, 2.05) is 17.5 Å². The third-order valence-electron chi connectivity index (χ3n) is 3.58. The molecule has 1 fully saturated rings. The number of rotatable bonds is 5. The molecule has 0 bridgehead atoms. The molecule has 5 nitrogen and oxygen atoms in total. The van der Waals surface area contributed by atoms with Crippen LogP contribution in [0.5, 0.6) is 0 Å². The van der Waals surface area contributed by atoms with E-state index in [9.17, 15) is 13.2 Å². The van der Waals surface area contributed by atoms with Crippen molar-refractivity contribution in [1.82, 2.24) is 9.62 Å². The van der Waals surface area contributed by atoms with Gasteiger partial charge in [0.05, 0.1) is 6.54 Å². The minimum atomic E-state index is -3.57. The maximum absolute atomic E-state index is 12.6. The molecule has 1 N–H and O–H groups in total. The fourth-order valence-electron chi connectivity index (χ4n) is 2.52. The Hall–Kier alpha value is -1.22. The van der Waals surface area contributed by atoms with Crippen LogP contribution in [0, 0.1) is 0 Å². The Balaban J connectivity index is 1.71. The van der Waals surface area contributed by atoms with Crippen LogP contribution in [0.4, 0.5) is 0 Å². The quantitative estimate of drug-likeness (QED) is 0.894. The van der Waals surface area contributed by atoms with Gasteiger partial charge in [-0.25, -0.2) is 8.42 Å². The summed E-state index contributed by atoms with van der Waals surface area (Å²) in [4.78, 5) is 13.4. The van der Waals surface area contributed by atoms with Crippen molar-refractivity contribution in [3.8, 4) is 0 Å². The van der Waals surface area contributed by atoms with Crippen LogP contribution in [0.15, 0.2) is 39.2 Å². The molecule has 1 unspecified atom stereocenters. The van der Waals surface area contributed by atoms with E-state index >= 15 is 0 Å². The zero-order chi connectivity index (χ0) is 15.6. The number of amides is 1. The fraction of sp³-hybridized carbons (Fsp3) is 0.357. The SMILES string of the molecule is O=C(NCc1cccs1)C1CCCN1S(=O)(=O)c1cccs1. The molecule has 0 aliphatic carbocycles. The molecule has 118 valence electrons. The zero-order valence-electron chi connectivity index (χ0n) is 11.8. The van der Waals surface area contributed by atoms with Crippen molar-refractivity contribution < 1.29 is 13.2 Å². The number of nitrogens with zero attached hydrogens (tertiary/aromatic N) is 1. The Morgan fingerprint density at radius 3 is 2.73 bits per heavy atom. The van der Waals surface area contributed by atoms with Gasteiger partial charge in [-0.2, -0.15) is 4.31 Å². The van der Waals surface area contributed by atoms with Crippen molar-refractivity contribution in [3.63, 3.8) is 0 Å². The van der Waals surface area contributed by atoms with Gasteiger partial charge in [-0.1, -0.05) is 12.1 Å². The van der Waals surface area contributed by atoms with Crippen molar-refractivity contribution in [3.05, 3.63) is 39.9 Å². The van der Waals surface area contributed by atoms with E-state index in [2.05, 4.69) is 5.32 Å². The van der Waals surface area contributed by atoms with E-state index in [1.54, 1.807) is 28.8 Å². The largest absolute Gasteiger partial charge is 0.350 e. The van der Waals surface area contributed by atoms with Crippen LogP contribution in [0.3, 0.4) is 0 Å². The molecule has 2 aromatic rings. The number of carbonyl (C=O) groups is 1. The Morgan fingerprint density at radius 2 is 2.05 bits per heavy atom. The van der Waals surface area contributed by atoms with E-state index in [4.69, 9.17) is 0 Å². The van der Waals surface area contributed by atoms with Crippen molar-refractivity contribution >= 4 is 38.6 Å². The monoisotopic (exact) mass is 356 g/mol. The first-order chi connectivity index (χ1) is 10.6. The molecule has 0 aromatic carbocycles. The van der Waals surface area contributed by atoms with Gasteiger partial charge in [0.15, 0.2) is 0 Å². The topological polar surface area (TPSA) is 66.5 Å². The van der Waals surface area contributed by atoms with E-state index in [-0.39, 0.29) is 5.91 Å². The Bertz CT molecular complexity index is 723. The minimum Gasteiger partial charge on any atom is -0.350 e. The number of sulfonamides is 1.